The summed E-state index contributed by atoms with van der Waals surface area (Å²) in [6, 6.07) is 0. The van der Waals surface area contributed by atoms with E-state index < -0.39 is 6.10 Å². The van der Waals surface area contributed by atoms with Gasteiger partial charge in [-0.1, -0.05) is 46.6 Å². The highest BCUT2D eigenvalue weighted by Crippen LogP contribution is 2.14. The van der Waals surface area contributed by atoms with E-state index in [-0.39, 0.29) is 6.61 Å². The van der Waals surface area contributed by atoms with Gasteiger partial charge in [0.05, 0.1) is 12.7 Å². The fourth-order valence-corrected chi connectivity index (χ4v) is 2.60. The average Bonchev–Trinajstić information content (AvgIpc) is 2.54. The zero-order valence-electron chi connectivity index (χ0n) is 17.1. The molecule has 0 saturated heterocycles. The van der Waals surface area contributed by atoms with Gasteiger partial charge < -0.3 is 10.2 Å². The molecule has 2 heteroatoms. The van der Waals surface area contributed by atoms with E-state index in [1.807, 2.05) is 0 Å². The molecule has 0 spiro atoms. The SMILES string of the molecule is CC(C)=CCCC(C)=CCCC(C)=CCCC(C)=CCCC(O)CO. The van der Waals surface area contributed by atoms with E-state index in [9.17, 15) is 5.11 Å². The first-order chi connectivity index (χ1) is 11.8. The first kappa shape index (κ1) is 23.9. The highest BCUT2D eigenvalue weighted by molar-refractivity contribution is 5.07. The Labute approximate surface area is 156 Å². The van der Waals surface area contributed by atoms with E-state index in [0.29, 0.717) is 6.42 Å². The van der Waals surface area contributed by atoms with E-state index in [1.165, 1.54) is 28.7 Å². The second-order valence-electron chi connectivity index (χ2n) is 7.46. The number of hydrogen-bond donors (Lipinski definition) is 2. The van der Waals surface area contributed by atoms with Gasteiger partial charge in [-0.15, -0.1) is 0 Å². The quantitative estimate of drug-likeness (QED) is 0.385. The summed E-state index contributed by atoms with van der Waals surface area (Å²) in [6.45, 7) is 10.8. The second kappa shape index (κ2) is 15.2. The summed E-state index contributed by atoms with van der Waals surface area (Å²) in [5.41, 5.74) is 5.73. The van der Waals surface area contributed by atoms with Crippen LogP contribution >= 0.6 is 0 Å². The fourth-order valence-electron chi connectivity index (χ4n) is 2.60. The van der Waals surface area contributed by atoms with E-state index in [4.69, 9.17) is 5.11 Å². The van der Waals surface area contributed by atoms with Gasteiger partial charge in [-0.3, -0.25) is 0 Å². The minimum Gasteiger partial charge on any atom is -0.394 e. The standard InChI is InChI=1S/C23H40O2/c1-19(2)10-6-11-20(3)12-7-13-21(4)14-8-15-22(5)16-9-17-23(25)18-24/h10,12,14,16,23-25H,6-9,11,13,15,17-18H2,1-5H3. The van der Waals surface area contributed by atoms with Crippen LogP contribution in [0.15, 0.2) is 46.6 Å². The van der Waals surface area contributed by atoms with Crippen molar-refractivity contribution >= 4 is 0 Å². The van der Waals surface area contributed by atoms with Gasteiger partial charge in [0.25, 0.3) is 0 Å². The van der Waals surface area contributed by atoms with Gasteiger partial charge in [-0.05, 0) is 86.0 Å². The molecule has 0 heterocycles. The van der Waals surface area contributed by atoms with Crippen LogP contribution in [0.5, 0.6) is 0 Å². The Kier molecular flexibility index (Phi) is 14.5. The van der Waals surface area contributed by atoms with E-state index in [1.54, 1.807) is 0 Å². The lowest BCUT2D eigenvalue weighted by molar-refractivity contribution is 0.0891. The van der Waals surface area contributed by atoms with Crippen molar-refractivity contribution < 1.29 is 10.2 Å². The molecule has 1 unspecified atom stereocenters. The maximum absolute atomic E-state index is 9.32. The van der Waals surface area contributed by atoms with Crippen LogP contribution in [0.25, 0.3) is 0 Å². The molecular weight excluding hydrogens is 308 g/mol. The topological polar surface area (TPSA) is 40.5 Å². The third-order valence-corrected chi connectivity index (χ3v) is 4.36. The number of allylic oxidation sites excluding steroid dienone is 8. The minimum absolute atomic E-state index is 0.141. The molecule has 0 saturated carbocycles. The van der Waals surface area contributed by atoms with Crippen LogP contribution in [0.2, 0.25) is 0 Å². The van der Waals surface area contributed by atoms with Gasteiger partial charge in [-0.25, -0.2) is 0 Å². The van der Waals surface area contributed by atoms with Crippen molar-refractivity contribution in [2.24, 2.45) is 0 Å². The zero-order chi connectivity index (χ0) is 19.1. The Hall–Kier alpha value is -1.12. The molecule has 0 aliphatic rings. The normalized spacial score (nSPS) is 14.6. The van der Waals surface area contributed by atoms with Crippen LogP contribution in [-0.4, -0.2) is 22.9 Å². The summed E-state index contributed by atoms with van der Waals surface area (Å²) in [6.07, 6.45) is 16.9. The van der Waals surface area contributed by atoms with Crippen molar-refractivity contribution in [3.8, 4) is 0 Å². The summed E-state index contributed by atoms with van der Waals surface area (Å²) in [7, 11) is 0. The van der Waals surface area contributed by atoms with E-state index in [2.05, 4.69) is 58.9 Å². The maximum atomic E-state index is 9.32. The smallest absolute Gasteiger partial charge is 0.0773 e. The lowest BCUT2D eigenvalue weighted by atomic mass is 10.0. The lowest BCUT2D eigenvalue weighted by Crippen LogP contribution is -2.10. The van der Waals surface area contributed by atoms with Gasteiger partial charge in [0.2, 0.25) is 0 Å². The summed E-state index contributed by atoms with van der Waals surface area (Å²) in [5.74, 6) is 0. The molecule has 0 radical (unpaired) electrons. The van der Waals surface area contributed by atoms with E-state index in [0.717, 1.165) is 38.5 Å². The molecule has 0 aromatic heterocycles. The van der Waals surface area contributed by atoms with Crippen molar-refractivity contribution in [1.82, 2.24) is 0 Å². The lowest BCUT2D eigenvalue weighted by Gasteiger charge is -2.05. The molecule has 0 aromatic carbocycles. The van der Waals surface area contributed by atoms with Crippen molar-refractivity contribution in [2.75, 3.05) is 6.61 Å². The third kappa shape index (κ3) is 16.1. The highest BCUT2D eigenvalue weighted by Gasteiger charge is 1.99. The number of aliphatic hydroxyl groups is 2. The average molecular weight is 349 g/mol. The summed E-state index contributed by atoms with van der Waals surface area (Å²) in [5, 5.41) is 18.1. The van der Waals surface area contributed by atoms with Crippen LogP contribution in [-0.2, 0) is 0 Å². The molecule has 0 aromatic rings. The number of rotatable bonds is 13. The zero-order valence-corrected chi connectivity index (χ0v) is 17.1. The third-order valence-electron chi connectivity index (χ3n) is 4.36. The summed E-state index contributed by atoms with van der Waals surface area (Å²) >= 11 is 0. The van der Waals surface area contributed by atoms with E-state index >= 15 is 0 Å². The van der Waals surface area contributed by atoms with Gasteiger partial charge in [0, 0.05) is 0 Å². The molecule has 25 heavy (non-hydrogen) atoms. The molecule has 0 fully saturated rings. The van der Waals surface area contributed by atoms with Gasteiger partial charge in [0.15, 0.2) is 0 Å². The van der Waals surface area contributed by atoms with Crippen molar-refractivity contribution in [2.45, 2.75) is 92.1 Å². The van der Waals surface area contributed by atoms with Gasteiger partial charge in [-0.2, -0.15) is 0 Å². The van der Waals surface area contributed by atoms with Crippen LogP contribution in [0.3, 0.4) is 0 Å². The first-order valence-corrected chi connectivity index (χ1v) is 9.74. The second-order valence-corrected chi connectivity index (χ2v) is 7.46. The molecule has 0 amide bonds. The van der Waals surface area contributed by atoms with Crippen LogP contribution in [0.4, 0.5) is 0 Å². The van der Waals surface area contributed by atoms with Crippen LogP contribution in [0, 0.1) is 0 Å². The summed E-state index contributed by atoms with van der Waals surface area (Å²) < 4.78 is 0. The molecule has 1 atom stereocenters. The molecule has 2 N–H and O–H groups in total. The van der Waals surface area contributed by atoms with Crippen LogP contribution < -0.4 is 0 Å². The van der Waals surface area contributed by atoms with Gasteiger partial charge in [0.1, 0.15) is 0 Å². The Bertz CT molecular complexity index is 462. The van der Waals surface area contributed by atoms with Gasteiger partial charge >= 0.3 is 0 Å². The molecule has 144 valence electrons. The van der Waals surface area contributed by atoms with Crippen molar-refractivity contribution in [1.29, 1.82) is 0 Å². The predicted octanol–water partition coefficient (Wildman–Crippen LogP) is 6.27. The largest absolute Gasteiger partial charge is 0.394 e. The first-order valence-electron chi connectivity index (χ1n) is 9.74. The van der Waals surface area contributed by atoms with Crippen LogP contribution in [0.1, 0.15) is 86.0 Å². The fraction of sp³-hybridized carbons (Fsp3) is 0.652. The minimum atomic E-state index is -0.579. The molecular formula is C23H40O2. The maximum Gasteiger partial charge on any atom is 0.0773 e. The highest BCUT2D eigenvalue weighted by atomic mass is 16.3. The van der Waals surface area contributed by atoms with Crippen molar-refractivity contribution in [3.63, 3.8) is 0 Å². The Morgan fingerprint density at radius 2 is 1.08 bits per heavy atom. The predicted molar refractivity (Wildman–Crippen MR) is 111 cm³/mol. The Balaban J connectivity index is 3.97. The Morgan fingerprint density at radius 3 is 1.48 bits per heavy atom. The molecule has 0 rings (SSSR count). The van der Waals surface area contributed by atoms with Crippen molar-refractivity contribution in [3.05, 3.63) is 46.6 Å². The number of hydrogen-bond acceptors (Lipinski definition) is 2. The monoisotopic (exact) mass is 348 g/mol. The number of aliphatic hydroxyl groups excluding tert-OH is 2. The molecule has 0 aliphatic carbocycles. The molecule has 0 aliphatic heterocycles. The Morgan fingerprint density at radius 1 is 0.680 bits per heavy atom. The molecule has 2 nitrogen and oxygen atoms in total. The molecule has 0 bridgehead atoms. The summed E-state index contributed by atoms with van der Waals surface area (Å²) in [4.78, 5) is 0.